The molecule has 0 N–H and O–H groups in total. The molecule has 1 amide bonds. The fourth-order valence-electron chi connectivity index (χ4n) is 2.54. The molecule has 122 valence electrons. The first-order valence-electron chi connectivity index (χ1n) is 7.69. The number of nitrogens with zero attached hydrogens (tertiary/aromatic N) is 2. The lowest BCUT2D eigenvalue weighted by Gasteiger charge is -2.25. The monoisotopic (exact) mass is 318 g/mol. The van der Waals surface area contributed by atoms with Crippen molar-refractivity contribution in [3.8, 4) is 11.3 Å². The quantitative estimate of drug-likeness (QED) is 0.867. The summed E-state index contributed by atoms with van der Waals surface area (Å²) in [4.78, 5) is 13.7. The van der Waals surface area contributed by atoms with Gasteiger partial charge in [0.15, 0.2) is 5.76 Å². The van der Waals surface area contributed by atoms with Gasteiger partial charge in [-0.05, 0) is 36.6 Å². The number of aromatic nitrogens is 1. The van der Waals surface area contributed by atoms with Crippen LogP contribution in [0.15, 0.2) is 28.8 Å². The third kappa shape index (κ3) is 3.36. The lowest BCUT2D eigenvalue weighted by Crippen LogP contribution is -2.36. The second-order valence-electron chi connectivity index (χ2n) is 6.09. The number of carbonyl (C=O) groups excluding carboxylic acids is 1. The second kappa shape index (κ2) is 6.40. The summed E-state index contributed by atoms with van der Waals surface area (Å²) in [5, 5.41) is 4.07. The van der Waals surface area contributed by atoms with E-state index in [2.05, 4.69) is 5.16 Å². The molecule has 0 bridgehead atoms. The predicted octanol–water partition coefficient (Wildman–Crippen LogP) is 3.63. The molecule has 0 radical (unpaired) electrons. The number of amides is 1. The van der Waals surface area contributed by atoms with Crippen molar-refractivity contribution in [1.82, 2.24) is 10.1 Å². The lowest BCUT2D eigenvalue weighted by atomic mass is 10.0. The second-order valence-corrected chi connectivity index (χ2v) is 6.09. The van der Waals surface area contributed by atoms with Gasteiger partial charge < -0.3 is 14.2 Å². The number of rotatable bonds is 3. The number of benzene rings is 1. The van der Waals surface area contributed by atoms with E-state index in [1.54, 1.807) is 17.0 Å². The molecule has 0 saturated carbocycles. The van der Waals surface area contributed by atoms with Crippen LogP contribution in [0.3, 0.4) is 0 Å². The number of hydrogen-bond acceptors (Lipinski definition) is 4. The topological polar surface area (TPSA) is 55.6 Å². The maximum atomic E-state index is 13.0. The third-order valence-corrected chi connectivity index (χ3v) is 3.75. The molecule has 0 atom stereocenters. The highest BCUT2D eigenvalue weighted by atomic mass is 19.1. The van der Waals surface area contributed by atoms with Crippen LogP contribution >= 0.6 is 0 Å². The van der Waals surface area contributed by atoms with Crippen molar-refractivity contribution in [3.63, 3.8) is 0 Å². The Hall–Kier alpha value is -2.37. The number of carbonyl (C=O) groups is 1. The minimum atomic E-state index is -0.323. The van der Waals surface area contributed by atoms with Crippen LogP contribution in [-0.2, 0) is 17.7 Å². The Morgan fingerprint density at radius 1 is 1.39 bits per heavy atom. The van der Waals surface area contributed by atoms with Crippen LogP contribution in [0.4, 0.5) is 9.18 Å². The molecule has 1 aromatic carbocycles. The van der Waals surface area contributed by atoms with Crippen LogP contribution in [0.1, 0.15) is 25.1 Å². The fourth-order valence-corrected chi connectivity index (χ4v) is 2.54. The van der Waals surface area contributed by atoms with Crippen molar-refractivity contribution >= 4 is 6.09 Å². The van der Waals surface area contributed by atoms with Gasteiger partial charge in [-0.3, -0.25) is 0 Å². The first-order valence-corrected chi connectivity index (χ1v) is 7.69. The van der Waals surface area contributed by atoms with Crippen LogP contribution in [0.2, 0.25) is 0 Å². The molecule has 1 aliphatic rings. The van der Waals surface area contributed by atoms with E-state index in [1.807, 2.05) is 13.8 Å². The molecule has 1 aromatic heterocycles. The highest BCUT2D eigenvalue weighted by Gasteiger charge is 2.28. The minimum absolute atomic E-state index is 0.291. The van der Waals surface area contributed by atoms with E-state index >= 15 is 0 Å². The number of hydrogen-bond donors (Lipinski definition) is 0. The van der Waals surface area contributed by atoms with Crippen LogP contribution in [0.5, 0.6) is 0 Å². The van der Waals surface area contributed by atoms with Crippen molar-refractivity contribution < 1.29 is 18.4 Å². The van der Waals surface area contributed by atoms with E-state index in [0.717, 1.165) is 16.8 Å². The average molecular weight is 318 g/mol. The Labute approximate surface area is 134 Å². The molecule has 2 aromatic rings. The Morgan fingerprint density at radius 3 is 2.83 bits per heavy atom. The zero-order valence-corrected chi connectivity index (χ0v) is 13.2. The zero-order valence-electron chi connectivity index (χ0n) is 13.2. The number of halogens is 1. The number of ether oxygens (including phenoxy) is 1. The summed E-state index contributed by atoms with van der Waals surface area (Å²) in [6.45, 7) is 5.32. The van der Waals surface area contributed by atoms with Crippen molar-refractivity contribution in [1.29, 1.82) is 0 Å². The highest BCUT2D eigenvalue weighted by molar-refractivity contribution is 5.69. The molecule has 2 heterocycles. The van der Waals surface area contributed by atoms with E-state index < -0.39 is 0 Å². The minimum Gasteiger partial charge on any atom is -0.449 e. The normalized spacial score (nSPS) is 14.0. The molecule has 0 saturated heterocycles. The summed E-state index contributed by atoms with van der Waals surface area (Å²) < 4.78 is 23.7. The molecule has 6 heteroatoms. The van der Waals surface area contributed by atoms with Gasteiger partial charge in [-0.2, -0.15) is 0 Å². The molecular weight excluding hydrogens is 299 g/mol. The molecule has 0 spiro atoms. The van der Waals surface area contributed by atoms with Crippen molar-refractivity contribution in [3.05, 3.63) is 41.3 Å². The Balaban J connectivity index is 1.73. The lowest BCUT2D eigenvalue weighted by molar-refractivity contribution is 0.0873. The summed E-state index contributed by atoms with van der Waals surface area (Å²) in [7, 11) is 0. The van der Waals surface area contributed by atoms with Gasteiger partial charge in [0, 0.05) is 17.7 Å². The summed E-state index contributed by atoms with van der Waals surface area (Å²) in [6, 6.07) is 6.12. The van der Waals surface area contributed by atoms with Gasteiger partial charge in [-0.1, -0.05) is 19.0 Å². The SMILES string of the molecule is CC(C)COC(=O)N1CCc2c(noc2-c2ccc(F)cc2)C1. The van der Waals surface area contributed by atoms with Crippen LogP contribution in [0, 0.1) is 11.7 Å². The van der Waals surface area contributed by atoms with E-state index in [9.17, 15) is 9.18 Å². The predicted molar refractivity (Wildman–Crippen MR) is 82.2 cm³/mol. The summed E-state index contributed by atoms with van der Waals surface area (Å²) in [5.74, 6) is 0.660. The number of fused-ring (bicyclic) bond motifs is 1. The fraction of sp³-hybridized carbons (Fsp3) is 0.412. The molecule has 5 nitrogen and oxygen atoms in total. The summed E-state index contributed by atoms with van der Waals surface area (Å²) >= 11 is 0. The molecule has 1 aliphatic heterocycles. The van der Waals surface area contributed by atoms with Crippen molar-refractivity contribution in [2.75, 3.05) is 13.2 Å². The Bertz CT molecular complexity index is 694. The molecule has 0 fully saturated rings. The molecule has 23 heavy (non-hydrogen) atoms. The van der Waals surface area contributed by atoms with Crippen molar-refractivity contribution in [2.45, 2.75) is 26.8 Å². The van der Waals surface area contributed by atoms with Crippen LogP contribution in [0.25, 0.3) is 11.3 Å². The van der Waals surface area contributed by atoms with Crippen molar-refractivity contribution in [2.24, 2.45) is 5.92 Å². The van der Waals surface area contributed by atoms with E-state index in [0.29, 0.717) is 37.8 Å². The van der Waals surface area contributed by atoms with E-state index in [-0.39, 0.29) is 11.9 Å². The molecule has 3 rings (SSSR count). The zero-order chi connectivity index (χ0) is 16.4. The maximum absolute atomic E-state index is 13.0. The molecular formula is C17H19FN2O3. The maximum Gasteiger partial charge on any atom is 0.410 e. The standard InChI is InChI=1S/C17H19FN2O3/c1-11(2)10-22-17(21)20-8-7-14-15(9-20)19-23-16(14)12-3-5-13(18)6-4-12/h3-6,11H,7-10H2,1-2H3. The van der Waals surface area contributed by atoms with Gasteiger partial charge in [0.1, 0.15) is 11.5 Å². The average Bonchev–Trinajstić information content (AvgIpc) is 2.96. The van der Waals surface area contributed by atoms with Crippen LogP contribution in [-0.4, -0.2) is 29.3 Å². The van der Waals surface area contributed by atoms with Gasteiger partial charge in [0.05, 0.1) is 13.2 Å². The first kappa shape index (κ1) is 15.5. The Morgan fingerprint density at radius 2 is 2.13 bits per heavy atom. The molecule has 0 aliphatic carbocycles. The largest absolute Gasteiger partial charge is 0.449 e. The highest BCUT2D eigenvalue weighted by Crippen LogP contribution is 2.30. The Kier molecular flexibility index (Phi) is 4.32. The van der Waals surface area contributed by atoms with Gasteiger partial charge in [0.2, 0.25) is 0 Å². The van der Waals surface area contributed by atoms with Gasteiger partial charge in [0.25, 0.3) is 0 Å². The smallest absolute Gasteiger partial charge is 0.410 e. The van der Waals surface area contributed by atoms with E-state index in [4.69, 9.17) is 9.26 Å². The van der Waals surface area contributed by atoms with Gasteiger partial charge in [-0.15, -0.1) is 0 Å². The van der Waals surface area contributed by atoms with Gasteiger partial charge >= 0.3 is 6.09 Å². The molecule has 0 unspecified atom stereocenters. The van der Waals surface area contributed by atoms with Gasteiger partial charge in [-0.25, -0.2) is 9.18 Å². The first-order chi connectivity index (χ1) is 11.0. The van der Waals surface area contributed by atoms with E-state index in [1.165, 1.54) is 12.1 Å². The third-order valence-electron chi connectivity index (χ3n) is 3.75. The van der Waals surface area contributed by atoms with Crippen LogP contribution < -0.4 is 0 Å². The summed E-state index contributed by atoms with van der Waals surface area (Å²) in [5.41, 5.74) is 2.50. The summed E-state index contributed by atoms with van der Waals surface area (Å²) in [6.07, 6.45) is 0.318.